The van der Waals surface area contributed by atoms with Crippen molar-refractivity contribution in [2.75, 3.05) is 13.1 Å². The minimum atomic E-state index is -0.339. The molecule has 0 atom stereocenters. The first-order valence-corrected chi connectivity index (χ1v) is 12.3. The van der Waals surface area contributed by atoms with Crippen LogP contribution in [-0.2, 0) is 29.0 Å². The van der Waals surface area contributed by atoms with Crippen molar-refractivity contribution in [3.8, 4) is 0 Å². The number of carbonyl (C=O) groups excluding carboxylic acids is 2. The SMILES string of the molecule is CC(C)N(CC(=O)N(CCc1c[nH]c2ccccc12)Cc1ccccc1)C(=O)Cc1ccc(F)cc1. The van der Waals surface area contributed by atoms with E-state index in [4.69, 9.17) is 0 Å². The van der Waals surface area contributed by atoms with Crippen LogP contribution in [0.1, 0.15) is 30.5 Å². The minimum Gasteiger partial charge on any atom is -0.361 e. The predicted octanol–water partition coefficient (Wildman–Crippen LogP) is 5.36. The van der Waals surface area contributed by atoms with Gasteiger partial charge in [-0.15, -0.1) is 0 Å². The van der Waals surface area contributed by atoms with Crippen LogP contribution in [0.2, 0.25) is 0 Å². The van der Waals surface area contributed by atoms with Crippen LogP contribution in [0.4, 0.5) is 4.39 Å². The van der Waals surface area contributed by atoms with Gasteiger partial charge in [0.25, 0.3) is 0 Å². The third-order valence-corrected chi connectivity index (χ3v) is 6.41. The van der Waals surface area contributed by atoms with E-state index in [0.717, 1.165) is 27.6 Å². The Kier molecular flexibility index (Phi) is 8.16. The molecule has 0 aliphatic rings. The van der Waals surface area contributed by atoms with Gasteiger partial charge in [-0.1, -0.05) is 60.7 Å². The number of aromatic amines is 1. The van der Waals surface area contributed by atoms with E-state index >= 15 is 0 Å². The molecule has 3 aromatic carbocycles. The molecule has 0 unspecified atom stereocenters. The molecule has 0 fully saturated rings. The first kappa shape index (κ1) is 25.2. The van der Waals surface area contributed by atoms with Gasteiger partial charge in [-0.05, 0) is 55.2 Å². The zero-order valence-electron chi connectivity index (χ0n) is 20.8. The third-order valence-electron chi connectivity index (χ3n) is 6.41. The van der Waals surface area contributed by atoms with E-state index < -0.39 is 0 Å². The van der Waals surface area contributed by atoms with Crippen molar-refractivity contribution in [2.45, 2.75) is 39.3 Å². The smallest absolute Gasteiger partial charge is 0.242 e. The number of halogens is 1. The maximum atomic E-state index is 13.6. The molecule has 0 bridgehead atoms. The van der Waals surface area contributed by atoms with Crippen molar-refractivity contribution in [1.82, 2.24) is 14.8 Å². The fraction of sp³-hybridized carbons (Fsp3) is 0.267. The normalized spacial score (nSPS) is 11.1. The number of carbonyl (C=O) groups is 2. The highest BCUT2D eigenvalue weighted by Crippen LogP contribution is 2.19. The molecule has 1 heterocycles. The average molecular weight is 486 g/mol. The fourth-order valence-electron chi connectivity index (χ4n) is 4.37. The fourth-order valence-corrected chi connectivity index (χ4v) is 4.37. The second-order valence-electron chi connectivity index (χ2n) is 9.33. The molecule has 1 N–H and O–H groups in total. The van der Waals surface area contributed by atoms with Crippen LogP contribution in [0.25, 0.3) is 10.9 Å². The van der Waals surface area contributed by atoms with Gasteiger partial charge in [0.1, 0.15) is 5.82 Å². The van der Waals surface area contributed by atoms with Crippen LogP contribution in [0, 0.1) is 5.82 Å². The zero-order valence-corrected chi connectivity index (χ0v) is 20.8. The summed E-state index contributed by atoms with van der Waals surface area (Å²) in [4.78, 5) is 33.4. The molecule has 0 radical (unpaired) electrons. The molecule has 2 amide bonds. The Bertz CT molecular complexity index is 1300. The highest BCUT2D eigenvalue weighted by atomic mass is 19.1. The molecule has 1 aromatic heterocycles. The third kappa shape index (κ3) is 6.39. The lowest BCUT2D eigenvalue weighted by atomic mass is 10.1. The van der Waals surface area contributed by atoms with E-state index in [1.165, 1.54) is 12.1 Å². The summed E-state index contributed by atoms with van der Waals surface area (Å²) < 4.78 is 13.3. The van der Waals surface area contributed by atoms with E-state index in [2.05, 4.69) is 11.1 Å². The second-order valence-corrected chi connectivity index (χ2v) is 9.33. The molecule has 186 valence electrons. The standard InChI is InChI=1S/C30H32FN3O2/c1-22(2)34(29(35)18-23-12-14-26(31)15-13-23)21-30(36)33(20-24-8-4-3-5-9-24)17-16-25-19-32-28-11-7-6-10-27(25)28/h3-15,19,22,32H,16-18,20-21H2,1-2H3. The second kappa shape index (κ2) is 11.7. The molecule has 4 rings (SSSR count). The molecule has 0 saturated carbocycles. The molecule has 0 aliphatic heterocycles. The topological polar surface area (TPSA) is 56.4 Å². The summed E-state index contributed by atoms with van der Waals surface area (Å²) in [6, 6.07) is 23.8. The van der Waals surface area contributed by atoms with E-state index in [1.807, 2.05) is 73.5 Å². The highest BCUT2D eigenvalue weighted by Gasteiger charge is 2.24. The van der Waals surface area contributed by atoms with Gasteiger partial charge >= 0.3 is 0 Å². The van der Waals surface area contributed by atoms with Crippen LogP contribution in [0.15, 0.2) is 85.1 Å². The Morgan fingerprint density at radius 1 is 0.861 bits per heavy atom. The van der Waals surface area contributed by atoms with Crippen molar-refractivity contribution in [1.29, 1.82) is 0 Å². The van der Waals surface area contributed by atoms with E-state index in [9.17, 15) is 14.0 Å². The van der Waals surface area contributed by atoms with Gasteiger partial charge in [-0.25, -0.2) is 4.39 Å². The van der Waals surface area contributed by atoms with Gasteiger partial charge in [0, 0.05) is 36.2 Å². The van der Waals surface area contributed by atoms with Crippen molar-refractivity contribution in [3.63, 3.8) is 0 Å². The van der Waals surface area contributed by atoms with E-state index in [1.54, 1.807) is 17.0 Å². The lowest BCUT2D eigenvalue weighted by molar-refractivity contribution is -0.142. The number of aromatic nitrogens is 1. The number of nitrogens with one attached hydrogen (secondary N) is 1. The number of para-hydroxylation sites is 1. The first-order chi connectivity index (χ1) is 17.4. The van der Waals surface area contributed by atoms with Crippen molar-refractivity contribution in [2.24, 2.45) is 0 Å². The Labute approximate surface area is 211 Å². The molecule has 0 aliphatic carbocycles. The number of rotatable bonds is 10. The summed E-state index contributed by atoms with van der Waals surface area (Å²) in [5.41, 5.74) is 3.99. The largest absolute Gasteiger partial charge is 0.361 e. The number of H-pyrrole nitrogens is 1. The molecule has 0 saturated heterocycles. The van der Waals surface area contributed by atoms with Gasteiger partial charge in [0.05, 0.1) is 13.0 Å². The lowest BCUT2D eigenvalue weighted by Crippen LogP contribution is -2.46. The molecular formula is C30H32FN3O2. The highest BCUT2D eigenvalue weighted by molar-refractivity contribution is 5.86. The summed E-state index contributed by atoms with van der Waals surface area (Å²) in [5, 5.41) is 1.16. The number of amides is 2. The van der Waals surface area contributed by atoms with Crippen LogP contribution >= 0.6 is 0 Å². The van der Waals surface area contributed by atoms with Gasteiger partial charge < -0.3 is 14.8 Å². The number of hydrogen-bond donors (Lipinski definition) is 1. The van der Waals surface area contributed by atoms with Gasteiger partial charge in [-0.3, -0.25) is 9.59 Å². The number of fused-ring (bicyclic) bond motifs is 1. The van der Waals surface area contributed by atoms with Crippen molar-refractivity contribution >= 4 is 22.7 Å². The zero-order chi connectivity index (χ0) is 25.5. The Morgan fingerprint density at radius 2 is 1.56 bits per heavy atom. The maximum Gasteiger partial charge on any atom is 0.242 e. The molecule has 36 heavy (non-hydrogen) atoms. The lowest BCUT2D eigenvalue weighted by Gasteiger charge is -2.30. The number of nitrogens with zero attached hydrogens (tertiary/aromatic N) is 2. The molecule has 6 heteroatoms. The van der Waals surface area contributed by atoms with Crippen LogP contribution in [0.5, 0.6) is 0 Å². The molecule has 0 spiro atoms. The van der Waals surface area contributed by atoms with Gasteiger partial charge in [0.15, 0.2) is 0 Å². The van der Waals surface area contributed by atoms with Gasteiger partial charge in [0.2, 0.25) is 11.8 Å². The number of benzene rings is 3. The van der Waals surface area contributed by atoms with Crippen LogP contribution in [-0.4, -0.2) is 45.7 Å². The summed E-state index contributed by atoms with van der Waals surface area (Å²) >= 11 is 0. The van der Waals surface area contributed by atoms with E-state index in [0.29, 0.717) is 19.5 Å². The summed E-state index contributed by atoms with van der Waals surface area (Å²) in [7, 11) is 0. The Balaban J connectivity index is 1.49. The summed E-state index contributed by atoms with van der Waals surface area (Å²) in [5.74, 6) is -0.588. The quantitative estimate of drug-likeness (QED) is 0.329. The van der Waals surface area contributed by atoms with E-state index in [-0.39, 0.29) is 36.6 Å². The maximum absolute atomic E-state index is 13.6. The van der Waals surface area contributed by atoms with Crippen LogP contribution < -0.4 is 0 Å². The molecule has 5 nitrogen and oxygen atoms in total. The monoisotopic (exact) mass is 485 g/mol. The average Bonchev–Trinajstić information content (AvgIpc) is 3.29. The van der Waals surface area contributed by atoms with Crippen molar-refractivity contribution in [3.05, 3.63) is 108 Å². The van der Waals surface area contributed by atoms with Crippen LogP contribution in [0.3, 0.4) is 0 Å². The summed E-state index contributed by atoms with van der Waals surface area (Å²) in [6.45, 7) is 4.82. The predicted molar refractivity (Wildman–Crippen MR) is 141 cm³/mol. The Morgan fingerprint density at radius 3 is 2.28 bits per heavy atom. The molecule has 4 aromatic rings. The first-order valence-electron chi connectivity index (χ1n) is 12.3. The Hall–Kier alpha value is -3.93. The minimum absolute atomic E-state index is 0.00157. The van der Waals surface area contributed by atoms with Crippen molar-refractivity contribution < 1.29 is 14.0 Å². The summed E-state index contributed by atoms with van der Waals surface area (Å²) in [6.07, 6.45) is 2.83. The number of hydrogen-bond acceptors (Lipinski definition) is 2. The molecular weight excluding hydrogens is 453 g/mol. The van der Waals surface area contributed by atoms with Gasteiger partial charge in [-0.2, -0.15) is 0 Å².